The minimum absolute atomic E-state index is 0.0301. The van der Waals surface area contributed by atoms with E-state index in [2.05, 4.69) is 32.7 Å². The van der Waals surface area contributed by atoms with Crippen molar-refractivity contribution in [1.82, 2.24) is 15.3 Å². The molecule has 1 aliphatic rings. The van der Waals surface area contributed by atoms with Crippen LogP contribution < -0.4 is 10.6 Å². The van der Waals surface area contributed by atoms with Gasteiger partial charge in [0, 0.05) is 39.9 Å². The van der Waals surface area contributed by atoms with Crippen molar-refractivity contribution in [2.75, 3.05) is 5.32 Å². The summed E-state index contributed by atoms with van der Waals surface area (Å²) < 4.78 is 0. The van der Waals surface area contributed by atoms with E-state index in [1.54, 1.807) is 30.2 Å². The molecule has 5 rings (SSSR count). The first-order valence-electron chi connectivity index (χ1n) is 11.6. The number of amides is 2. The molecule has 0 fully saturated rings. The molecule has 0 radical (unpaired) electrons. The zero-order valence-electron chi connectivity index (χ0n) is 20.7. The number of phenols is 1. The molecule has 1 aromatic heterocycles. The number of fused-ring (bicyclic) bond motifs is 2. The number of rotatable bonds is 4. The first kappa shape index (κ1) is 27.7. The maximum Gasteiger partial charge on any atom is 0.256 e. The Bertz CT molecular complexity index is 1380. The first-order valence-corrected chi connectivity index (χ1v) is 12.8. The highest BCUT2D eigenvalue weighted by Gasteiger charge is 2.19. The van der Waals surface area contributed by atoms with Crippen LogP contribution >= 0.6 is 23.4 Å². The molecule has 0 bridgehead atoms. The molecule has 3 aromatic carbocycles. The summed E-state index contributed by atoms with van der Waals surface area (Å²) in [5.74, 6) is 0.530. The van der Waals surface area contributed by atoms with E-state index in [0.717, 1.165) is 32.2 Å². The molecule has 190 valence electrons. The molecular weight excluding hydrogens is 508 g/mol. The summed E-state index contributed by atoms with van der Waals surface area (Å²) in [4.78, 5) is 32.6. The van der Waals surface area contributed by atoms with E-state index in [9.17, 15) is 14.7 Å². The van der Waals surface area contributed by atoms with Gasteiger partial charge in [-0.25, -0.2) is 9.97 Å². The number of carbonyl (C=O) groups excluding carboxylic acids is 2. The fraction of sp³-hybridized carbons (Fsp3) is 0.143. The summed E-state index contributed by atoms with van der Waals surface area (Å²) in [6, 6.07) is 18.4. The summed E-state index contributed by atoms with van der Waals surface area (Å²) in [6.07, 6.45) is 3.84. The molecule has 2 heterocycles. The average Bonchev–Trinajstić information content (AvgIpc) is 3.05. The lowest BCUT2D eigenvalue weighted by atomic mass is 10.2. The van der Waals surface area contributed by atoms with Crippen molar-refractivity contribution in [2.24, 2.45) is 0 Å². The van der Waals surface area contributed by atoms with Gasteiger partial charge >= 0.3 is 0 Å². The lowest BCUT2D eigenvalue weighted by Crippen LogP contribution is -2.11. The Morgan fingerprint density at radius 1 is 1.00 bits per heavy atom. The molecule has 9 heteroatoms. The Morgan fingerprint density at radius 2 is 1.73 bits per heavy atom. The van der Waals surface area contributed by atoms with Crippen molar-refractivity contribution >= 4 is 41.4 Å². The van der Waals surface area contributed by atoms with Gasteiger partial charge in [-0.2, -0.15) is 0 Å². The van der Waals surface area contributed by atoms with Crippen LogP contribution in [0.3, 0.4) is 0 Å². The zero-order chi connectivity index (χ0) is 26.8. The Labute approximate surface area is 225 Å². The molecule has 0 unspecified atom stereocenters. The van der Waals surface area contributed by atoms with Gasteiger partial charge < -0.3 is 15.7 Å². The van der Waals surface area contributed by atoms with Crippen molar-refractivity contribution in [1.29, 1.82) is 0 Å². The highest BCUT2D eigenvalue weighted by Crippen LogP contribution is 2.38. The van der Waals surface area contributed by atoms with Crippen LogP contribution in [0.1, 0.15) is 35.3 Å². The van der Waals surface area contributed by atoms with Gasteiger partial charge in [0.2, 0.25) is 6.41 Å². The van der Waals surface area contributed by atoms with Gasteiger partial charge in [-0.05, 0) is 55.0 Å². The summed E-state index contributed by atoms with van der Waals surface area (Å²) in [6.45, 7) is 6.40. The second-order valence-electron chi connectivity index (χ2n) is 7.63. The highest BCUT2D eigenvalue weighted by molar-refractivity contribution is 7.99. The van der Waals surface area contributed by atoms with Gasteiger partial charge in [-0.1, -0.05) is 55.4 Å². The van der Waals surface area contributed by atoms with E-state index in [1.165, 1.54) is 12.1 Å². The molecule has 0 aliphatic carbocycles. The van der Waals surface area contributed by atoms with Gasteiger partial charge in [-0.3, -0.25) is 9.59 Å². The van der Waals surface area contributed by atoms with E-state index < -0.39 is 0 Å². The second-order valence-corrected chi connectivity index (χ2v) is 9.12. The number of aromatic nitrogens is 2. The van der Waals surface area contributed by atoms with Crippen LogP contribution in [0.2, 0.25) is 5.02 Å². The summed E-state index contributed by atoms with van der Waals surface area (Å²) in [5.41, 5.74) is 4.23. The van der Waals surface area contributed by atoms with E-state index in [0.29, 0.717) is 29.4 Å². The van der Waals surface area contributed by atoms with E-state index in [4.69, 9.17) is 11.6 Å². The lowest BCUT2D eigenvalue weighted by Gasteiger charge is -2.06. The number of phenolic OH excluding ortho intramolecular Hbond substituents is 1. The van der Waals surface area contributed by atoms with Crippen molar-refractivity contribution in [3.8, 4) is 17.1 Å². The fourth-order valence-electron chi connectivity index (χ4n) is 3.31. The van der Waals surface area contributed by atoms with Crippen molar-refractivity contribution < 1.29 is 14.7 Å². The summed E-state index contributed by atoms with van der Waals surface area (Å²) in [7, 11) is 0. The number of nitrogens with one attached hydrogen (secondary N) is 2. The Balaban J connectivity index is 0.000000193. The summed E-state index contributed by atoms with van der Waals surface area (Å²) in [5, 5.41) is 15.1. The molecule has 0 spiro atoms. The molecule has 2 amide bonds. The Morgan fingerprint density at radius 3 is 2.43 bits per heavy atom. The molecule has 0 saturated carbocycles. The number of hydrogen-bond acceptors (Lipinski definition) is 6. The average molecular weight is 535 g/mol. The molecule has 37 heavy (non-hydrogen) atoms. The molecule has 0 saturated heterocycles. The zero-order valence-corrected chi connectivity index (χ0v) is 22.2. The molecule has 0 atom stereocenters. The van der Waals surface area contributed by atoms with Crippen LogP contribution in [0.5, 0.6) is 5.75 Å². The topological polar surface area (TPSA) is 104 Å². The third-order valence-electron chi connectivity index (χ3n) is 5.02. The van der Waals surface area contributed by atoms with Crippen molar-refractivity contribution in [3.63, 3.8) is 0 Å². The van der Waals surface area contributed by atoms with Gasteiger partial charge in [0.1, 0.15) is 5.75 Å². The predicted molar refractivity (Wildman–Crippen MR) is 148 cm³/mol. The van der Waals surface area contributed by atoms with Crippen LogP contribution in [0, 0.1) is 6.92 Å². The molecule has 4 aromatic rings. The molecule has 3 N–H and O–H groups in total. The third-order valence-corrected chi connectivity index (χ3v) is 6.49. The number of halogens is 1. The van der Waals surface area contributed by atoms with Crippen molar-refractivity contribution in [3.05, 3.63) is 94.8 Å². The minimum atomic E-state index is -0.0301. The number of anilines is 1. The van der Waals surface area contributed by atoms with E-state index in [-0.39, 0.29) is 11.7 Å². The number of benzene rings is 3. The number of aryl methyl sites for hydroxylation is 1. The maximum absolute atomic E-state index is 12.1. The number of aromatic hydroxyl groups is 1. The Kier molecular flexibility index (Phi) is 10.1. The summed E-state index contributed by atoms with van der Waals surface area (Å²) >= 11 is 7.62. The molecule has 1 aliphatic heterocycles. The SMILES string of the molecule is CC.Cc1ccc2c(c1)NC(=O)c1ccccc1S2.O=CNCc1cnc(-c2ccc(O)cc2Cl)nc1. The molecule has 7 nitrogen and oxygen atoms in total. The standard InChI is InChI=1S/C14H11NOS.C12H10ClN3O2.C2H6/c1-9-6-7-13-11(8-9)15-14(16)10-4-2-3-5-12(10)17-13;13-11-3-9(18)1-2-10(11)12-15-5-8(6-16-12)4-14-7-17;1-2/h2-8H,1H3,(H,15,16);1-3,5-7,18H,4H2,(H,14,17);1-2H3. The fourth-order valence-corrected chi connectivity index (χ4v) is 4.58. The smallest absolute Gasteiger partial charge is 0.256 e. The quantitative estimate of drug-likeness (QED) is 0.259. The van der Waals surface area contributed by atoms with Crippen molar-refractivity contribution in [2.45, 2.75) is 37.1 Å². The maximum atomic E-state index is 12.1. The van der Waals surface area contributed by atoms with Crippen LogP contribution in [-0.2, 0) is 11.3 Å². The lowest BCUT2D eigenvalue weighted by molar-refractivity contribution is -0.109. The predicted octanol–water partition coefficient (Wildman–Crippen LogP) is 6.49. The number of carbonyl (C=O) groups is 2. The third kappa shape index (κ3) is 7.31. The monoisotopic (exact) mass is 534 g/mol. The first-order chi connectivity index (χ1) is 17.9. The second kappa shape index (κ2) is 13.4. The Hall–Kier alpha value is -3.88. The highest BCUT2D eigenvalue weighted by atomic mass is 35.5. The van der Waals surface area contributed by atoms with Crippen LogP contribution in [0.25, 0.3) is 11.4 Å². The minimum Gasteiger partial charge on any atom is -0.508 e. The van der Waals surface area contributed by atoms with Crippen LogP contribution in [0.15, 0.2) is 82.8 Å². The van der Waals surface area contributed by atoms with Gasteiger partial charge in [0.05, 0.1) is 16.3 Å². The molecular formula is C28H27ClN4O3S. The largest absolute Gasteiger partial charge is 0.508 e. The van der Waals surface area contributed by atoms with E-state index >= 15 is 0 Å². The van der Waals surface area contributed by atoms with E-state index in [1.807, 2.05) is 51.1 Å². The number of nitrogens with zero attached hydrogens (tertiary/aromatic N) is 2. The number of hydrogen-bond donors (Lipinski definition) is 3. The normalized spacial score (nSPS) is 11.2. The van der Waals surface area contributed by atoms with Gasteiger partial charge in [0.25, 0.3) is 5.91 Å². The van der Waals surface area contributed by atoms with Gasteiger partial charge in [0.15, 0.2) is 5.82 Å². The van der Waals surface area contributed by atoms with Crippen LogP contribution in [-0.4, -0.2) is 27.4 Å². The van der Waals surface area contributed by atoms with Gasteiger partial charge in [-0.15, -0.1) is 0 Å². The van der Waals surface area contributed by atoms with Crippen LogP contribution in [0.4, 0.5) is 5.69 Å².